The van der Waals surface area contributed by atoms with E-state index in [1.165, 1.54) is 12.6 Å². The highest BCUT2D eigenvalue weighted by atomic mass is 32.2. The van der Waals surface area contributed by atoms with Crippen molar-refractivity contribution in [2.45, 2.75) is 62.3 Å². The molecule has 0 saturated carbocycles. The highest BCUT2D eigenvalue weighted by Crippen LogP contribution is 2.37. The van der Waals surface area contributed by atoms with Crippen LogP contribution in [0.2, 0.25) is 0 Å². The van der Waals surface area contributed by atoms with Gasteiger partial charge in [-0.15, -0.1) is 0 Å². The number of thioether (sulfide) groups is 1. The lowest BCUT2D eigenvalue weighted by molar-refractivity contribution is -0.518. The maximum absolute atomic E-state index is 12.1. The Hall–Kier alpha value is -2.72. The first kappa shape index (κ1) is 29.8. The molecule has 1 aromatic heterocycles. The van der Waals surface area contributed by atoms with Crippen molar-refractivity contribution < 1.29 is 9.37 Å². The molecule has 0 aliphatic carbocycles. The van der Waals surface area contributed by atoms with E-state index in [9.17, 15) is 4.79 Å². The minimum Gasteiger partial charge on any atom is -0.372 e. The topological polar surface area (TPSA) is 76.2 Å². The highest BCUT2D eigenvalue weighted by molar-refractivity contribution is 8.28. The van der Waals surface area contributed by atoms with Crippen LogP contribution in [0.4, 0.5) is 22.3 Å². The van der Waals surface area contributed by atoms with Crippen LogP contribution in [-0.2, 0) is 4.79 Å². The van der Waals surface area contributed by atoms with Crippen molar-refractivity contribution in [2.75, 3.05) is 54.4 Å². The Morgan fingerprint density at radius 1 is 0.974 bits per heavy atom. The summed E-state index contributed by atoms with van der Waals surface area (Å²) in [6, 6.07) is 4.44. The number of hydrogen-bond acceptors (Lipinski definition) is 7. The Labute approximate surface area is 236 Å². The van der Waals surface area contributed by atoms with Crippen LogP contribution in [0.1, 0.15) is 64.5 Å². The molecule has 0 unspecified atom stereocenters. The quantitative estimate of drug-likeness (QED) is 0.339. The molecular formula is C28H42N7OS2+. The van der Waals surface area contributed by atoms with Crippen molar-refractivity contribution in [3.05, 3.63) is 28.1 Å². The predicted molar refractivity (Wildman–Crippen MR) is 167 cm³/mol. The fraction of sp³-hybridized carbons (Fsp3) is 0.536. The van der Waals surface area contributed by atoms with Crippen molar-refractivity contribution in [2.24, 2.45) is 9.98 Å². The maximum Gasteiger partial charge on any atom is 0.361 e. The molecule has 1 amide bonds. The van der Waals surface area contributed by atoms with E-state index in [0.717, 1.165) is 82.0 Å². The summed E-state index contributed by atoms with van der Waals surface area (Å²) in [6.07, 6.45) is 0. The fourth-order valence-electron chi connectivity index (χ4n) is 4.49. The molecule has 0 saturated heterocycles. The van der Waals surface area contributed by atoms with Crippen LogP contribution in [0.5, 0.6) is 0 Å². The molecule has 2 aromatic rings. The van der Waals surface area contributed by atoms with Gasteiger partial charge in [0.15, 0.2) is 16.0 Å². The number of benzene rings is 1. The van der Waals surface area contributed by atoms with Gasteiger partial charge in [-0.2, -0.15) is 0 Å². The molecule has 1 aliphatic rings. The minimum absolute atomic E-state index is 0.154. The maximum atomic E-state index is 12.1. The normalized spacial score (nSPS) is 14.2. The molecule has 206 valence electrons. The summed E-state index contributed by atoms with van der Waals surface area (Å²) < 4.78 is 2.24. The number of amidine groups is 1. The third-order valence-corrected chi connectivity index (χ3v) is 8.74. The van der Waals surface area contributed by atoms with Crippen LogP contribution >= 0.6 is 23.1 Å². The second-order valence-electron chi connectivity index (χ2n) is 9.06. The van der Waals surface area contributed by atoms with Crippen molar-refractivity contribution in [1.82, 2.24) is 4.98 Å². The van der Waals surface area contributed by atoms with Gasteiger partial charge in [-0.3, -0.25) is 9.37 Å². The minimum atomic E-state index is -0.154. The molecule has 2 heterocycles. The molecule has 0 atom stereocenters. The van der Waals surface area contributed by atoms with Gasteiger partial charge in [0.2, 0.25) is 11.6 Å². The molecule has 8 nitrogen and oxygen atoms in total. The zero-order chi connectivity index (χ0) is 28.0. The summed E-state index contributed by atoms with van der Waals surface area (Å²) in [6.45, 7) is 23.9. The van der Waals surface area contributed by atoms with Gasteiger partial charge >= 0.3 is 5.17 Å². The van der Waals surface area contributed by atoms with E-state index in [-0.39, 0.29) is 5.91 Å². The average molecular weight is 557 g/mol. The number of aliphatic imine (C=N–C) groups is 2. The Kier molecular flexibility index (Phi) is 10.5. The van der Waals surface area contributed by atoms with Crippen LogP contribution < -0.4 is 15.1 Å². The first-order valence-corrected chi connectivity index (χ1v) is 15.2. The van der Waals surface area contributed by atoms with Gasteiger partial charge in [0.05, 0.1) is 18.8 Å². The van der Waals surface area contributed by atoms with E-state index in [1.807, 2.05) is 0 Å². The van der Waals surface area contributed by atoms with Crippen LogP contribution in [0.15, 0.2) is 22.1 Å². The smallest absolute Gasteiger partial charge is 0.361 e. The highest BCUT2D eigenvalue weighted by Gasteiger charge is 2.37. The van der Waals surface area contributed by atoms with E-state index in [0.29, 0.717) is 5.82 Å². The van der Waals surface area contributed by atoms with Gasteiger partial charge in [-0.05, 0) is 83.6 Å². The van der Waals surface area contributed by atoms with E-state index in [1.54, 1.807) is 23.1 Å². The lowest BCUT2D eigenvalue weighted by Crippen LogP contribution is -2.21. The van der Waals surface area contributed by atoms with E-state index >= 15 is 0 Å². The summed E-state index contributed by atoms with van der Waals surface area (Å²) in [4.78, 5) is 32.6. The molecular weight excluding hydrogens is 514 g/mol. The van der Waals surface area contributed by atoms with Crippen molar-refractivity contribution in [3.8, 4) is 0 Å². The molecule has 38 heavy (non-hydrogen) atoms. The lowest BCUT2D eigenvalue weighted by atomic mass is 10.1. The summed E-state index contributed by atoms with van der Waals surface area (Å²) in [5.41, 5.74) is 5.21. The number of amides is 1. The monoisotopic (exact) mass is 556 g/mol. The number of rotatable bonds is 11. The number of aromatic nitrogens is 1. The number of nitrogens with zero attached hydrogens (tertiary/aromatic N) is 6. The van der Waals surface area contributed by atoms with Gasteiger partial charge in [0.25, 0.3) is 0 Å². The van der Waals surface area contributed by atoms with Crippen LogP contribution in [0.25, 0.3) is 0 Å². The van der Waals surface area contributed by atoms with Crippen molar-refractivity contribution in [3.63, 3.8) is 0 Å². The van der Waals surface area contributed by atoms with Gasteiger partial charge in [0.1, 0.15) is 4.88 Å². The fourth-order valence-corrected chi connectivity index (χ4v) is 6.77. The third kappa shape index (κ3) is 6.46. The molecule has 0 radical (unpaired) electrons. The number of carbonyl (C=O) groups excluding carboxylic acids is 1. The van der Waals surface area contributed by atoms with Crippen LogP contribution in [0.3, 0.4) is 0 Å². The SMILES string of the molecule is CCN(CC)c1cc(C)c(N=C2SC(=[N+](CC)CC)N=C2c2sc(N(CC)CC)nc2NC(C)=O)c(C)c1. The number of anilines is 3. The zero-order valence-corrected chi connectivity index (χ0v) is 25.9. The summed E-state index contributed by atoms with van der Waals surface area (Å²) in [5, 5.41) is 5.56. The molecule has 0 spiro atoms. The third-order valence-electron chi connectivity index (χ3n) is 6.61. The summed E-state index contributed by atoms with van der Waals surface area (Å²) >= 11 is 3.15. The molecule has 10 heteroatoms. The molecule has 0 bridgehead atoms. The number of thiazole rings is 1. The Morgan fingerprint density at radius 3 is 2.05 bits per heavy atom. The molecule has 1 aliphatic heterocycles. The average Bonchev–Trinajstić information content (AvgIpc) is 3.47. The first-order valence-electron chi connectivity index (χ1n) is 13.6. The largest absolute Gasteiger partial charge is 0.372 e. The van der Waals surface area contributed by atoms with E-state index < -0.39 is 0 Å². The molecule has 0 fully saturated rings. The number of nitrogens with one attached hydrogen (secondary N) is 1. The van der Waals surface area contributed by atoms with Gasteiger partial charge in [0, 0.05) is 50.6 Å². The zero-order valence-electron chi connectivity index (χ0n) is 24.3. The van der Waals surface area contributed by atoms with Gasteiger partial charge < -0.3 is 15.1 Å². The Balaban J connectivity index is 2.21. The van der Waals surface area contributed by atoms with Gasteiger partial charge in [-0.25, -0.2) is 9.98 Å². The van der Waals surface area contributed by atoms with Crippen LogP contribution in [-0.4, -0.2) is 70.7 Å². The van der Waals surface area contributed by atoms with Crippen LogP contribution in [0, 0.1) is 13.8 Å². The second-order valence-corrected chi connectivity index (χ2v) is 11.0. The Morgan fingerprint density at radius 2 is 1.55 bits per heavy atom. The number of carbonyl (C=O) groups is 1. The number of aryl methyl sites for hydroxylation is 2. The number of hydrogen-bond donors (Lipinski definition) is 1. The standard InChI is InChI=1S/C28H41N7OS2/c1-10-33(11-2)21-16-18(7)22(19(8)17-21)30-26-23(31-27(38-26)34(12-3)13-4)24-25(29-20(9)36)32-28(37-24)35(14-5)15-6/h16-17H,10-15H2,1-9H3/p+1. The van der Waals surface area contributed by atoms with E-state index in [4.69, 9.17) is 15.0 Å². The van der Waals surface area contributed by atoms with Gasteiger partial charge in [-0.1, -0.05) is 11.3 Å². The molecule has 1 aromatic carbocycles. The molecule has 3 rings (SSSR count). The molecule has 1 N–H and O–H groups in total. The van der Waals surface area contributed by atoms with Crippen molar-refractivity contribution >= 4 is 67.3 Å². The Bertz CT molecular complexity index is 1220. The first-order chi connectivity index (χ1) is 18.2. The second kappa shape index (κ2) is 13.4. The summed E-state index contributed by atoms with van der Waals surface area (Å²) in [5.74, 6) is 0.390. The predicted octanol–water partition coefficient (Wildman–Crippen LogP) is 6.09. The summed E-state index contributed by atoms with van der Waals surface area (Å²) in [7, 11) is 0. The van der Waals surface area contributed by atoms with Crippen molar-refractivity contribution in [1.29, 1.82) is 0 Å². The lowest BCUT2D eigenvalue weighted by Gasteiger charge is -2.22. The van der Waals surface area contributed by atoms with E-state index in [2.05, 4.69) is 87.2 Å².